The minimum atomic E-state index is -0.357. The van der Waals surface area contributed by atoms with E-state index in [1.807, 2.05) is 11.4 Å². The van der Waals surface area contributed by atoms with Gasteiger partial charge in [0.15, 0.2) is 5.16 Å². The first-order valence-corrected chi connectivity index (χ1v) is 10.5. The lowest BCUT2D eigenvalue weighted by atomic mass is 10.1. The fourth-order valence-corrected chi connectivity index (χ4v) is 5.01. The van der Waals surface area contributed by atoms with Gasteiger partial charge in [0.05, 0.1) is 19.3 Å². The third-order valence-electron chi connectivity index (χ3n) is 4.62. The predicted octanol–water partition coefficient (Wildman–Crippen LogP) is 1.21. The smallest absolute Gasteiger partial charge is 0.267 e. The molecule has 0 aliphatic carbocycles. The molecule has 2 aromatic rings. The summed E-state index contributed by atoms with van der Waals surface area (Å²) in [5.41, 5.74) is -0.139. The van der Waals surface area contributed by atoms with Gasteiger partial charge in [-0.05, 0) is 11.4 Å². The number of nitrogens with one attached hydrogen (secondary N) is 1. The monoisotopic (exact) mass is 392 g/mol. The van der Waals surface area contributed by atoms with E-state index in [-0.39, 0.29) is 23.1 Å². The Labute approximate surface area is 159 Å². The van der Waals surface area contributed by atoms with E-state index in [4.69, 9.17) is 4.74 Å². The van der Waals surface area contributed by atoms with E-state index in [0.29, 0.717) is 31.5 Å². The van der Waals surface area contributed by atoms with Crippen LogP contribution >= 0.6 is 23.1 Å². The minimum absolute atomic E-state index is 0.0866. The van der Waals surface area contributed by atoms with Crippen LogP contribution in [0, 0.1) is 0 Å². The van der Waals surface area contributed by atoms with Crippen molar-refractivity contribution >= 4 is 29.0 Å². The number of carbonyl (C=O) groups excluding carboxylic acids is 1. The molecular weight excluding hydrogens is 372 g/mol. The summed E-state index contributed by atoms with van der Waals surface area (Å²) in [6, 6.07) is 4.19. The number of rotatable bonds is 5. The Balaban J connectivity index is 1.49. The molecule has 0 bridgehead atoms. The molecular formula is C17H20N4O3S2. The molecule has 0 spiro atoms. The number of nitrogens with zero attached hydrogens (tertiary/aromatic N) is 3. The highest BCUT2D eigenvalue weighted by molar-refractivity contribution is 7.99. The van der Waals surface area contributed by atoms with Gasteiger partial charge in [-0.25, -0.2) is 4.98 Å². The molecule has 0 radical (unpaired) electrons. The lowest BCUT2D eigenvalue weighted by molar-refractivity contribution is 0.0169. The van der Waals surface area contributed by atoms with E-state index in [1.54, 1.807) is 27.7 Å². The van der Waals surface area contributed by atoms with E-state index < -0.39 is 0 Å². The number of hydrogen-bond donors (Lipinski definition) is 1. The fraction of sp³-hybridized carbons (Fsp3) is 0.471. The largest absolute Gasteiger partial charge is 0.379 e. The number of amides is 1. The van der Waals surface area contributed by atoms with Gasteiger partial charge in [0, 0.05) is 43.0 Å². The molecule has 1 amide bonds. The van der Waals surface area contributed by atoms with Crippen molar-refractivity contribution in [2.45, 2.75) is 17.7 Å². The van der Waals surface area contributed by atoms with Crippen LogP contribution in [0.2, 0.25) is 0 Å². The van der Waals surface area contributed by atoms with Gasteiger partial charge in [0.25, 0.3) is 11.5 Å². The molecule has 7 nitrogen and oxygen atoms in total. The second-order valence-electron chi connectivity index (χ2n) is 6.15. The molecule has 0 saturated carbocycles. The molecule has 2 aromatic heterocycles. The Kier molecular flexibility index (Phi) is 5.39. The Hall–Kier alpha value is -1.68. The fourth-order valence-electron chi connectivity index (χ4n) is 3.24. The zero-order valence-corrected chi connectivity index (χ0v) is 15.9. The summed E-state index contributed by atoms with van der Waals surface area (Å²) in [5, 5.41) is 5.67. The van der Waals surface area contributed by atoms with Crippen LogP contribution in [0.5, 0.6) is 0 Å². The van der Waals surface area contributed by atoms with E-state index in [9.17, 15) is 9.59 Å². The number of morpholine rings is 1. The Bertz CT molecular complexity index is 831. The highest BCUT2D eigenvalue weighted by Gasteiger charge is 2.25. The minimum Gasteiger partial charge on any atom is -0.379 e. The highest BCUT2D eigenvalue weighted by atomic mass is 32.2. The summed E-state index contributed by atoms with van der Waals surface area (Å²) in [4.78, 5) is 32.9. The second-order valence-corrected chi connectivity index (χ2v) is 8.19. The van der Waals surface area contributed by atoms with Crippen LogP contribution in [0.15, 0.2) is 33.7 Å². The van der Waals surface area contributed by atoms with Gasteiger partial charge in [-0.15, -0.1) is 11.3 Å². The van der Waals surface area contributed by atoms with Gasteiger partial charge in [0.1, 0.15) is 5.56 Å². The Morgan fingerprint density at radius 3 is 2.96 bits per heavy atom. The molecule has 2 aliphatic heterocycles. The van der Waals surface area contributed by atoms with Crippen molar-refractivity contribution in [2.24, 2.45) is 0 Å². The SMILES string of the molecule is O=C(NCC(c1cccs1)N1CCOCC1)c1cnc2n(c1=O)CCS2. The van der Waals surface area contributed by atoms with Crippen molar-refractivity contribution in [1.29, 1.82) is 0 Å². The predicted molar refractivity (Wildman–Crippen MR) is 101 cm³/mol. The normalized spacial score (nSPS) is 18.5. The van der Waals surface area contributed by atoms with Gasteiger partial charge in [0.2, 0.25) is 0 Å². The Morgan fingerprint density at radius 1 is 1.35 bits per heavy atom. The first kappa shape index (κ1) is 17.7. The van der Waals surface area contributed by atoms with Crippen molar-refractivity contribution in [3.8, 4) is 0 Å². The number of hydrogen-bond acceptors (Lipinski definition) is 7. The maximum Gasteiger partial charge on any atom is 0.267 e. The van der Waals surface area contributed by atoms with Gasteiger partial charge < -0.3 is 10.1 Å². The first-order valence-electron chi connectivity index (χ1n) is 8.60. The van der Waals surface area contributed by atoms with E-state index in [2.05, 4.69) is 21.3 Å². The van der Waals surface area contributed by atoms with Crippen molar-refractivity contribution in [3.05, 3.63) is 44.5 Å². The molecule has 4 heterocycles. The highest BCUT2D eigenvalue weighted by Crippen LogP contribution is 2.25. The Morgan fingerprint density at radius 2 is 2.19 bits per heavy atom. The lowest BCUT2D eigenvalue weighted by Gasteiger charge is -2.34. The van der Waals surface area contributed by atoms with Gasteiger partial charge in [-0.1, -0.05) is 17.8 Å². The molecule has 1 saturated heterocycles. The maximum absolute atomic E-state index is 12.6. The summed E-state index contributed by atoms with van der Waals surface area (Å²) >= 11 is 3.22. The number of thioether (sulfide) groups is 1. The van der Waals surface area contributed by atoms with Crippen molar-refractivity contribution in [2.75, 3.05) is 38.6 Å². The number of thiophene rings is 1. The average molecular weight is 393 g/mol. The molecule has 138 valence electrons. The van der Waals surface area contributed by atoms with Gasteiger partial charge in [-0.3, -0.25) is 19.1 Å². The second kappa shape index (κ2) is 7.91. The van der Waals surface area contributed by atoms with Crippen LogP contribution in [-0.4, -0.2) is 59.0 Å². The van der Waals surface area contributed by atoms with E-state index >= 15 is 0 Å². The number of fused-ring (bicyclic) bond motifs is 1. The molecule has 1 fully saturated rings. The van der Waals surface area contributed by atoms with Gasteiger partial charge in [-0.2, -0.15) is 0 Å². The summed E-state index contributed by atoms with van der Waals surface area (Å²) in [5.74, 6) is 0.467. The number of carbonyl (C=O) groups is 1. The van der Waals surface area contributed by atoms with E-state index in [0.717, 1.165) is 18.8 Å². The van der Waals surface area contributed by atoms with E-state index in [1.165, 1.54) is 11.1 Å². The van der Waals surface area contributed by atoms with Crippen molar-refractivity contribution in [3.63, 3.8) is 0 Å². The zero-order chi connectivity index (χ0) is 17.9. The van der Waals surface area contributed by atoms with Crippen molar-refractivity contribution < 1.29 is 9.53 Å². The average Bonchev–Trinajstić information content (AvgIpc) is 3.35. The van der Waals surface area contributed by atoms with Crippen LogP contribution < -0.4 is 10.9 Å². The molecule has 4 rings (SSSR count). The summed E-state index contributed by atoms with van der Waals surface area (Å²) in [7, 11) is 0. The summed E-state index contributed by atoms with van der Waals surface area (Å²) in [6.45, 7) is 4.12. The van der Waals surface area contributed by atoms with Crippen molar-refractivity contribution in [1.82, 2.24) is 19.8 Å². The van der Waals surface area contributed by atoms with Crippen LogP contribution in [0.4, 0.5) is 0 Å². The zero-order valence-electron chi connectivity index (χ0n) is 14.2. The van der Waals surface area contributed by atoms with Crippen LogP contribution in [0.25, 0.3) is 0 Å². The van der Waals surface area contributed by atoms with Crippen LogP contribution in [0.3, 0.4) is 0 Å². The quantitative estimate of drug-likeness (QED) is 0.771. The number of aromatic nitrogens is 2. The molecule has 1 atom stereocenters. The molecule has 1 N–H and O–H groups in total. The van der Waals surface area contributed by atoms with Crippen LogP contribution in [0.1, 0.15) is 21.3 Å². The molecule has 9 heteroatoms. The number of ether oxygens (including phenoxy) is 1. The third-order valence-corrected chi connectivity index (χ3v) is 6.56. The van der Waals surface area contributed by atoms with Gasteiger partial charge >= 0.3 is 0 Å². The maximum atomic E-state index is 12.6. The molecule has 26 heavy (non-hydrogen) atoms. The molecule has 0 aromatic carbocycles. The summed E-state index contributed by atoms with van der Waals surface area (Å²) in [6.07, 6.45) is 1.40. The summed E-state index contributed by atoms with van der Waals surface area (Å²) < 4.78 is 7.02. The topological polar surface area (TPSA) is 76.5 Å². The first-order chi connectivity index (χ1) is 12.7. The third kappa shape index (κ3) is 3.57. The van der Waals surface area contributed by atoms with Crippen LogP contribution in [-0.2, 0) is 11.3 Å². The molecule has 2 aliphatic rings. The lowest BCUT2D eigenvalue weighted by Crippen LogP contribution is -2.44. The molecule has 1 unspecified atom stereocenters. The standard InChI is InChI=1S/C17H20N4O3S2/c22-15(12-10-19-17-21(16(12)23)5-9-26-17)18-11-13(14-2-1-8-25-14)20-3-6-24-7-4-20/h1-2,8,10,13H,3-7,9,11H2,(H,18,22).